The van der Waals surface area contributed by atoms with E-state index in [0.717, 1.165) is 19.3 Å². The summed E-state index contributed by atoms with van der Waals surface area (Å²) in [6.07, 6.45) is 7.81. The maximum absolute atomic E-state index is 10.9. The Balaban J connectivity index is 2.13. The Morgan fingerprint density at radius 2 is 1.65 bits per heavy atom. The molecule has 1 N–H and O–H groups in total. The number of nitrogens with zero attached hydrogens (tertiary/aromatic N) is 1. The Morgan fingerprint density at radius 3 is 2.15 bits per heavy atom. The summed E-state index contributed by atoms with van der Waals surface area (Å²) in [4.78, 5) is 2.27. The Kier molecular flexibility index (Phi) is 5.87. The zero-order valence-corrected chi connectivity index (χ0v) is 14.8. The quantitative estimate of drug-likeness (QED) is 0.627. The normalized spacial score (nSPS) is 20.6. The van der Waals surface area contributed by atoms with E-state index < -0.39 is 0 Å². The lowest BCUT2D eigenvalue weighted by Crippen LogP contribution is -2.54. The molecule has 1 aromatic carbocycles. The molecule has 2 rings (SSSR count). The SMILES string of the molecule is CN(C)C1(C(O)Cc2ccc(I)cc2)CCCCCC1. The highest BCUT2D eigenvalue weighted by Gasteiger charge is 2.39. The van der Waals surface area contributed by atoms with E-state index in [2.05, 4.69) is 65.9 Å². The number of hydrogen-bond donors (Lipinski definition) is 1. The maximum atomic E-state index is 10.9. The minimum atomic E-state index is -0.282. The molecule has 1 aromatic rings. The van der Waals surface area contributed by atoms with E-state index in [9.17, 15) is 5.11 Å². The van der Waals surface area contributed by atoms with Gasteiger partial charge in [0.05, 0.1) is 6.10 Å². The fourth-order valence-corrected chi connectivity index (χ4v) is 3.81. The number of likely N-dealkylation sites (N-methyl/N-ethyl adjacent to an activating group) is 1. The summed E-state index contributed by atoms with van der Waals surface area (Å²) in [6.45, 7) is 0. The second kappa shape index (κ2) is 7.23. The highest BCUT2D eigenvalue weighted by atomic mass is 127. The van der Waals surface area contributed by atoms with Crippen molar-refractivity contribution >= 4 is 22.6 Å². The van der Waals surface area contributed by atoms with Crippen LogP contribution in [0, 0.1) is 3.57 Å². The van der Waals surface area contributed by atoms with Gasteiger partial charge in [-0.2, -0.15) is 0 Å². The van der Waals surface area contributed by atoms with Crippen molar-refractivity contribution in [2.75, 3.05) is 14.1 Å². The van der Waals surface area contributed by atoms with Crippen LogP contribution >= 0.6 is 22.6 Å². The van der Waals surface area contributed by atoms with Gasteiger partial charge in [-0.05, 0) is 67.2 Å². The van der Waals surface area contributed by atoms with Crippen LogP contribution in [0.4, 0.5) is 0 Å². The highest BCUT2D eigenvalue weighted by molar-refractivity contribution is 14.1. The van der Waals surface area contributed by atoms with Crippen molar-refractivity contribution in [3.05, 3.63) is 33.4 Å². The van der Waals surface area contributed by atoms with Crippen molar-refractivity contribution in [3.8, 4) is 0 Å². The largest absolute Gasteiger partial charge is 0.391 e. The Labute approximate surface area is 136 Å². The van der Waals surface area contributed by atoms with Gasteiger partial charge >= 0.3 is 0 Å². The molecule has 0 saturated heterocycles. The first-order chi connectivity index (χ1) is 9.54. The summed E-state index contributed by atoms with van der Waals surface area (Å²) in [5, 5.41) is 10.9. The molecule has 0 aromatic heterocycles. The molecule has 0 spiro atoms. The molecule has 1 aliphatic carbocycles. The van der Waals surface area contributed by atoms with E-state index in [1.807, 2.05) is 0 Å². The van der Waals surface area contributed by atoms with Gasteiger partial charge in [-0.1, -0.05) is 37.8 Å². The topological polar surface area (TPSA) is 23.5 Å². The smallest absolute Gasteiger partial charge is 0.0763 e. The zero-order chi connectivity index (χ0) is 14.6. The van der Waals surface area contributed by atoms with E-state index in [1.54, 1.807) is 0 Å². The first-order valence-electron chi connectivity index (χ1n) is 7.64. The van der Waals surface area contributed by atoms with Crippen LogP contribution in [-0.4, -0.2) is 35.7 Å². The van der Waals surface area contributed by atoms with Gasteiger partial charge in [0, 0.05) is 15.5 Å². The van der Waals surface area contributed by atoms with Gasteiger partial charge in [0.2, 0.25) is 0 Å². The van der Waals surface area contributed by atoms with Gasteiger partial charge < -0.3 is 10.0 Å². The van der Waals surface area contributed by atoms with Crippen LogP contribution in [0.2, 0.25) is 0 Å². The van der Waals surface area contributed by atoms with Crippen molar-refractivity contribution in [2.24, 2.45) is 0 Å². The van der Waals surface area contributed by atoms with Crippen molar-refractivity contribution in [1.29, 1.82) is 0 Å². The lowest BCUT2D eigenvalue weighted by Gasteiger charge is -2.43. The van der Waals surface area contributed by atoms with E-state index in [-0.39, 0.29) is 11.6 Å². The fourth-order valence-electron chi connectivity index (χ4n) is 3.45. The lowest BCUT2D eigenvalue weighted by atomic mass is 9.80. The molecule has 0 bridgehead atoms. The summed E-state index contributed by atoms with van der Waals surface area (Å²) in [5.41, 5.74) is 1.20. The molecule has 2 nitrogen and oxygen atoms in total. The molecular formula is C17H26INO. The van der Waals surface area contributed by atoms with Gasteiger partial charge in [0.1, 0.15) is 0 Å². The summed E-state index contributed by atoms with van der Waals surface area (Å²) in [7, 11) is 4.25. The Bertz CT molecular complexity index is 408. The number of benzene rings is 1. The number of aliphatic hydroxyl groups excluding tert-OH is 1. The molecule has 0 aliphatic heterocycles. The zero-order valence-electron chi connectivity index (χ0n) is 12.6. The number of hydrogen-bond acceptors (Lipinski definition) is 2. The Hall–Kier alpha value is -0.130. The molecule has 1 unspecified atom stereocenters. The highest BCUT2D eigenvalue weighted by Crippen LogP contribution is 2.35. The summed E-state index contributed by atoms with van der Waals surface area (Å²) < 4.78 is 1.25. The van der Waals surface area contributed by atoms with Gasteiger partial charge in [-0.3, -0.25) is 0 Å². The molecule has 20 heavy (non-hydrogen) atoms. The van der Waals surface area contributed by atoms with Gasteiger partial charge in [-0.25, -0.2) is 0 Å². The molecule has 0 amide bonds. The summed E-state index contributed by atoms with van der Waals surface area (Å²) >= 11 is 2.32. The average molecular weight is 387 g/mol. The maximum Gasteiger partial charge on any atom is 0.0763 e. The van der Waals surface area contributed by atoms with E-state index in [4.69, 9.17) is 0 Å². The molecule has 1 aliphatic rings. The van der Waals surface area contributed by atoms with Crippen molar-refractivity contribution in [1.82, 2.24) is 4.90 Å². The van der Waals surface area contributed by atoms with Gasteiger partial charge in [0.25, 0.3) is 0 Å². The predicted molar refractivity (Wildman–Crippen MR) is 93.0 cm³/mol. The second-order valence-corrected chi connectivity index (χ2v) is 7.50. The van der Waals surface area contributed by atoms with E-state index in [1.165, 1.54) is 34.8 Å². The molecule has 1 fully saturated rings. The summed E-state index contributed by atoms with van der Waals surface area (Å²) in [6, 6.07) is 8.53. The van der Waals surface area contributed by atoms with Crippen LogP contribution in [-0.2, 0) is 6.42 Å². The van der Waals surface area contributed by atoms with Gasteiger partial charge in [-0.15, -0.1) is 0 Å². The molecule has 0 heterocycles. The minimum Gasteiger partial charge on any atom is -0.391 e. The number of aliphatic hydroxyl groups is 1. The van der Waals surface area contributed by atoms with Crippen molar-refractivity contribution in [2.45, 2.75) is 56.6 Å². The molecular weight excluding hydrogens is 361 g/mol. The number of rotatable bonds is 4. The van der Waals surface area contributed by atoms with Crippen molar-refractivity contribution < 1.29 is 5.11 Å². The Morgan fingerprint density at radius 1 is 1.10 bits per heavy atom. The van der Waals surface area contributed by atoms with Crippen LogP contribution < -0.4 is 0 Å². The third-order valence-corrected chi connectivity index (χ3v) is 5.54. The average Bonchev–Trinajstić information content (AvgIpc) is 2.68. The van der Waals surface area contributed by atoms with Crippen LogP contribution in [0.3, 0.4) is 0 Å². The van der Waals surface area contributed by atoms with Gasteiger partial charge in [0.15, 0.2) is 0 Å². The second-order valence-electron chi connectivity index (χ2n) is 6.26. The first kappa shape index (κ1) is 16.2. The monoisotopic (exact) mass is 387 g/mol. The van der Waals surface area contributed by atoms with Crippen LogP contribution in [0.15, 0.2) is 24.3 Å². The van der Waals surface area contributed by atoms with E-state index >= 15 is 0 Å². The fraction of sp³-hybridized carbons (Fsp3) is 0.647. The molecule has 0 radical (unpaired) electrons. The lowest BCUT2D eigenvalue weighted by molar-refractivity contribution is -0.0174. The van der Waals surface area contributed by atoms with Crippen LogP contribution in [0.1, 0.15) is 44.1 Å². The predicted octanol–water partition coefficient (Wildman–Crippen LogP) is 3.85. The molecule has 3 heteroatoms. The minimum absolute atomic E-state index is 0.0422. The molecule has 1 atom stereocenters. The summed E-state index contributed by atoms with van der Waals surface area (Å²) in [5.74, 6) is 0. The standard InChI is InChI=1S/C17H26INO/c1-19(2)17(11-5-3-4-6-12-17)16(20)13-14-7-9-15(18)10-8-14/h7-10,16,20H,3-6,11-13H2,1-2H3. The van der Waals surface area contributed by atoms with Crippen molar-refractivity contribution in [3.63, 3.8) is 0 Å². The van der Waals surface area contributed by atoms with Crippen LogP contribution in [0.25, 0.3) is 0 Å². The molecule has 112 valence electrons. The van der Waals surface area contributed by atoms with E-state index in [0.29, 0.717) is 0 Å². The van der Waals surface area contributed by atoms with Crippen LogP contribution in [0.5, 0.6) is 0 Å². The third kappa shape index (κ3) is 3.74. The third-order valence-electron chi connectivity index (χ3n) is 4.82. The number of halogens is 1. The first-order valence-corrected chi connectivity index (χ1v) is 8.72. The molecule has 1 saturated carbocycles.